The van der Waals surface area contributed by atoms with Gasteiger partial charge in [-0.25, -0.2) is 0 Å². The lowest BCUT2D eigenvalue weighted by Gasteiger charge is -2.39. The molecule has 3 atom stereocenters. The molecule has 0 radical (unpaired) electrons. The molecule has 1 aromatic carbocycles. The maximum atomic E-state index is 6.59. The van der Waals surface area contributed by atoms with Gasteiger partial charge in [-0.1, -0.05) is 28.1 Å². The SMILES string of the molecule is Brc1cccc2c1CCC21CCc2c(nc(OCC34CCCN3CCC4)nc2N2C[C@H]3CC[C@@H](C2)N3)C1. The Kier molecular flexibility index (Phi) is 5.43. The number of hydrogen-bond acceptors (Lipinski definition) is 6. The molecule has 4 aliphatic heterocycles. The van der Waals surface area contributed by atoms with Crippen molar-refractivity contribution in [2.24, 2.45) is 0 Å². The Labute approximate surface area is 228 Å². The normalized spacial score (nSPS) is 31.5. The highest BCUT2D eigenvalue weighted by atomic mass is 79.9. The van der Waals surface area contributed by atoms with E-state index >= 15 is 0 Å². The van der Waals surface area contributed by atoms with Gasteiger partial charge in [0.1, 0.15) is 12.4 Å². The number of nitrogens with one attached hydrogen (secondary N) is 1. The molecule has 1 aromatic heterocycles. The van der Waals surface area contributed by atoms with Crippen LogP contribution in [0, 0.1) is 0 Å². The molecule has 4 fully saturated rings. The monoisotopic (exact) mass is 563 g/mol. The zero-order valence-electron chi connectivity index (χ0n) is 21.8. The van der Waals surface area contributed by atoms with Gasteiger partial charge in [-0.3, -0.25) is 4.90 Å². The van der Waals surface area contributed by atoms with E-state index in [2.05, 4.69) is 49.2 Å². The van der Waals surface area contributed by atoms with Crippen molar-refractivity contribution in [2.75, 3.05) is 37.7 Å². The molecule has 1 unspecified atom stereocenters. The van der Waals surface area contributed by atoms with Crippen LogP contribution in [0.2, 0.25) is 0 Å². The lowest BCUT2D eigenvalue weighted by Crippen LogP contribution is -2.52. The third-order valence-electron chi connectivity index (χ3n) is 10.8. The van der Waals surface area contributed by atoms with Gasteiger partial charge in [0.25, 0.3) is 0 Å². The van der Waals surface area contributed by atoms with E-state index in [9.17, 15) is 0 Å². The molecule has 6 nitrogen and oxygen atoms in total. The zero-order chi connectivity index (χ0) is 24.6. The fourth-order valence-corrected chi connectivity index (χ4v) is 9.44. The number of anilines is 1. The number of halogens is 1. The third-order valence-corrected chi connectivity index (χ3v) is 11.5. The average Bonchev–Trinajstić information content (AvgIpc) is 3.66. The highest BCUT2D eigenvalue weighted by molar-refractivity contribution is 9.10. The van der Waals surface area contributed by atoms with Crippen molar-refractivity contribution in [2.45, 2.75) is 93.7 Å². The largest absolute Gasteiger partial charge is 0.461 e. The molecule has 0 saturated carbocycles. The summed E-state index contributed by atoms with van der Waals surface area (Å²) < 4.78 is 7.86. The number of piperazine rings is 1. The molecule has 4 saturated heterocycles. The van der Waals surface area contributed by atoms with Crippen LogP contribution in [0.1, 0.15) is 73.8 Å². The summed E-state index contributed by atoms with van der Waals surface area (Å²) in [5.41, 5.74) is 6.11. The fourth-order valence-electron chi connectivity index (χ4n) is 8.88. The van der Waals surface area contributed by atoms with E-state index in [0.717, 1.165) is 39.0 Å². The summed E-state index contributed by atoms with van der Waals surface area (Å²) in [5, 5.41) is 3.80. The second-order valence-electron chi connectivity index (χ2n) is 12.7. The number of aromatic nitrogens is 2. The number of hydrogen-bond donors (Lipinski definition) is 1. The van der Waals surface area contributed by atoms with Crippen molar-refractivity contribution in [3.8, 4) is 6.01 Å². The van der Waals surface area contributed by atoms with E-state index in [1.165, 1.54) is 91.6 Å². The summed E-state index contributed by atoms with van der Waals surface area (Å²) in [6, 6.07) is 8.60. The van der Waals surface area contributed by atoms with E-state index in [4.69, 9.17) is 14.7 Å². The van der Waals surface area contributed by atoms with Gasteiger partial charge in [-0.2, -0.15) is 9.97 Å². The maximum absolute atomic E-state index is 6.59. The number of benzene rings is 1. The number of rotatable bonds is 4. The molecule has 1 spiro atoms. The number of fused-ring (bicyclic) bond motifs is 6. The Morgan fingerprint density at radius 1 is 0.973 bits per heavy atom. The smallest absolute Gasteiger partial charge is 0.318 e. The van der Waals surface area contributed by atoms with Crippen molar-refractivity contribution >= 4 is 21.7 Å². The van der Waals surface area contributed by atoms with Crippen molar-refractivity contribution < 1.29 is 4.74 Å². The van der Waals surface area contributed by atoms with Crippen molar-refractivity contribution in [1.82, 2.24) is 20.2 Å². The van der Waals surface area contributed by atoms with E-state index in [-0.39, 0.29) is 11.0 Å². The van der Waals surface area contributed by atoms with Crippen LogP contribution in [0.15, 0.2) is 22.7 Å². The first-order valence-electron chi connectivity index (χ1n) is 14.7. The van der Waals surface area contributed by atoms with Crippen molar-refractivity contribution in [3.63, 3.8) is 0 Å². The molecular formula is C30H38BrN5O. The standard InChI is InChI=1S/C30H38BrN5O/c31-25-5-1-4-24-22(25)8-12-29(24)13-9-23-26(16-29)33-28(37-19-30-10-2-14-36(30)15-3-11-30)34-27(23)35-17-20-6-7-21(18-35)32-20/h1,4-5,20-21,32H,2-3,6-19H2/t20-,21+,29?. The molecule has 2 aliphatic carbocycles. The molecule has 8 rings (SSSR count). The Morgan fingerprint density at radius 3 is 2.51 bits per heavy atom. The molecule has 5 heterocycles. The van der Waals surface area contributed by atoms with Crippen LogP contribution in [-0.2, 0) is 24.7 Å². The van der Waals surface area contributed by atoms with Crippen LogP contribution < -0.4 is 15.0 Å². The van der Waals surface area contributed by atoms with Gasteiger partial charge in [-0.15, -0.1) is 0 Å². The summed E-state index contributed by atoms with van der Waals surface area (Å²) >= 11 is 3.83. The molecule has 0 amide bonds. The average molecular weight is 565 g/mol. The van der Waals surface area contributed by atoms with Gasteiger partial charge < -0.3 is 15.0 Å². The minimum atomic E-state index is 0.198. The second-order valence-corrected chi connectivity index (χ2v) is 13.6. The zero-order valence-corrected chi connectivity index (χ0v) is 23.4. The molecule has 2 aromatic rings. The van der Waals surface area contributed by atoms with E-state index < -0.39 is 0 Å². The summed E-state index contributed by atoms with van der Waals surface area (Å²) in [5.74, 6) is 1.17. The molecule has 6 aliphatic rings. The summed E-state index contributed by atoms with van der Waals surface area (Å²) in [7, 11) is 0. The molecule has 2 bridgehead atoms. The van der Waals surface area contributed by atoms with Gasteiger partial charge in [0.15, 0.2) is 0 Å². The lowest BCUT2D eigenvalue weighted by atomic mass is 9.69. The molecule has 7 heteroatoms. The predicted octanol–water partition coefficient (Wildman–Crippen LogP) is 4.56. The van der Waals surface area contributed by atoms with Gasteiger partial charge in [0.05, 0.1) is 11.2 Å². The number of ether oxygens (including phenoxy) is 1. The minimum Gasteiger partial charge on any atom is -0.461 e. The Hall–Kier alpha value is -1.70. The third kappa shape index (κ3) is 3.70. The van der Waals surface area contributed by atoms with Crippen molar-refractivity contribution in [3.05, 3.63) is 45.1 Å². The lowest BCUT2D eigenvalue weighted by molar-refractivity contribution is 0.107. The van der Waals surface area contributed by atoms with E-state index in [1.807, 2.05) is 0 Å². The molecule has 196 valence electrons. The first kappa shape index (κ1) is 23.2. The highest BCUT2D eigenvalue weighted by Crippen LogP contribution is 2.50. The Morgan fingerprint density at radius 2 is 1.73 bits per heavy atom. The van der Waals surface area contributed by atoms with Crippen LogP contribution >= 0.6 is 15.9 Å². The first-order valence-corrected chi connectivity index (χ1v) is 15.5. The summed E-state index contributed by atoms with van der Waals surface area (Å²) in [6.45, 7) is 5.29. The first-order chi connectivity index (χ1) is 18.1. The number of nitrogens with zero attached hydrogens (tertiary/aromatic N) is 4. The maximum Gasteiger partial charge on any atom is 0.318 e. The Bertz CT molecular complexity index is 1210. The summed E-state index contributed by atoms with van der Waals surface area (Å²) in [6.07, 6.45) is 13.3. The summed E-state index contributed by atoms with van der Waals surface area (Å²) in [4.78, 5) is 15.6. The quantitative estimate of drug-likeness (QED) is 0.588. The molecule has 37 heavy (non-hydrogen) atoms. The Balaban J connectivity index is 1.15. The van der Waals surface area contributed by atoms with Gasteiger partial charge >= 0.3 is 6.01 Å². The van der Waals surface area contributed by atoms with Gasteiger partial charge in [0, 0.05) is 40.6 Å². The van der Waals surface area contributed by atoms with Crippen LogP contribution in [0.5, 0.6) is 6.01 Å². The van der Waals surface area contributed by atoms with Crippen LogP contribution in [-0.4, -0.2) is 65.3 Å². The highest BCUT2D eigenvalue weighted by Gasteiger charge is 2.46. The predicted molar refractivity (Wildman–Crippen MR) is 149 cm³/mol. The molecule has 1 N–H and O–H groups in total. The molecular weight excluding hydrogens is 526 g/mol. The van der Waals surface area contributed by atoms with Crippen molar-refractivity contribution in [1.29, 1.82) is 0 Å². The van der Waals surface area contributed by atoms with Gasteiger partial charge in [0.2, 0.25) is 0 Å². The van der Waals surface area contributed by atoms with Gasteiger partial charge in [-0.05, 0) is 101 Å². The van der Waals surface area contributed by atoms with Crippen LogP contribution in [0.3, 0.4) is 0 Å². The van der Waals surface area contributed by atoms with E-state index in [0.29, 0.717) is 18.1 Å². The van der Waals surface area contributed by atoms with Crippen LogP contribution in [0.4, 0.5) is 5.82 Å². The van der Waals surface area contributed by atoms with E-state index in [1.54, 1.807) is 5.56 Å². The van der Waals surface area contributed by atoms with Crippen LogP contribution in [0.25, 0.3) is 0 Å². The fraction of sp³-hybridized carbons (Fsp3) is 0.667. The second kappa shape index (κ2) is 8.65. The topological polar surface area (TPSA) is 53.5 Å². The minimum absolute atomic E-state index is 0.198.